The summed E-state index contributed by atoms with van der Waals surface area (Å²) in [6.07, 6.45) is -1.29. The van der Waals surface area contributed by atoms with Gasteiger partial charge in [-0.1, -0.05) is 78.9 Å². The number of fused-ring (bicyclic) bond motifs is 3. The van der Waals surface area contributed by atoms with Gasteiger partial charge in [-0.25, -0.2) is 4.79 Å². The lowest BCUT2D eigenvalue weighted by Crippen LogP contribution is -2.54. The third kappa shape index (κ3) is 7.94. The molecule has 4 rings (SSSR count). The van der Waals surface area contributed by atoms with Gasteiger partial charge in [-0.3, -0.25) is 14.4 Å². The van der Waals surface area contributed by atoms with Crippen LogP contribution in [-0.4, -0.2) is 47.2 Å². The first kappa shape index (κ1) is 29.3. The fourth-order valence-electron chi connectivity index (χ4n) is 4.86. The molecule has 9 nitrogen and oxygen atoms in total. The van der Waals surface area contributed by atoms with Gasteiger partial charge >= 0.3 is 18.0 Å². The van der Waals surface area contributed by atoms with Crippen LogP contribution in [0.2, 0.25) is 0 Å². The van der Waals surface area contributed by atoms with Crippen LogP contribution in [0.1, 0.15) is 55.7 Å². The van der Waals surface area contributed by atoms with Gasteiger partial charge < -0.3 is 25.2 Å². The molecule has 0 saturated heterocycles. The summed E-state index contributed by atoms with van der Waals surface area (Å²) in [4.78, 5) is 49.8. The first-order valence-corrected chi connectivity index (χ1v) is 13.5. The summed E-state index contributed by atoms with van der Waals surface area (Å²) < 4.78 is 10.9. The summed E-state index contributed by atoms with van der Waals surface area (Å²) in [5, 5.41) is 14.3. The molecule has 1 aliphatic carbocycles. The highest BCUT2D eigenvalue weighted by Crippen LogP contribution is 2.44. The molecular formula is C32H34N2O7. The summed E-state index contributed by atoms with van der Waals surface area (Å²) in [7, 11) is 0. The summed E-state index contributed by atoms with van der Waals surface area (Å²) in [5.74, 6) is -2.50. The van der Waals surface area contributed by atoms with Crippen LogP contribution in [0.15, 0.2) is 78.9 Å². The number of amides is 2. The minimum Gasteiger partial charge on any atom is -0.481 e. The molecule has 0 bridgehead atoms. The van der Waals surface area contributed by atoms with Gasteiger partial charge in [-0.2, -0.15) is 0 Å². The Morgan fingerprint density at radius 2 is 1.44 bits per heavy atom. The van der Waals surface area contributed by atoms with Crippen LogP contribution in [0.25, 0.3) is 11.1 Å². The third-order valence-corrected chi connectivity index (χ3v) is 6.99. The zero-order valence-electron chi connectivity index (χ0n) is 23.1. The zero-order valence-corrected chi connectivity index (χ0v) is 23.1. The highest BCUT2D eigenvalue weighted by atomic mass is 16.5. The van der Waals surface area contributed by atoms with Crippen LogP contribution in [0.3, 0.4) is 0 Å². The number of alkyl carbamates (subject to hydrolysis) is 1. The molecule has 0 aliphatic heterocycles. The molecule has 41 heavy (non-hydrogen) atoms. The molecule has 0 aromatic heterocycles. The molecule has 0 radical (unpaired) electrons. The minimum atomic E-state index is -1.29. The first-order valence-electron chi connectivity index (χ1n) is 13.5. The Kier molecular flexibility index (Phi) is 9.39. The topological polar surface area (TPSA) is 131 Å². The van der Waals surface area contributed by atoms with Crippen molar-refractivity contribution in [3.63, 3.8) is 0 Å². The standard InChI is InChI=1S/C32H34N2O7/c1-32(2,17-16-28(35)36)34-30(38)27(18-29(37)40-19-21-10-4-3-5-11-21)33-31(39)41-20-26-24-14-8-6-12-22(24)23-13-7-9-15-25(23)26/h3-15,26-27H,16-20H2,1-2H3,(H,33,39)(H,34,38)(H,35,36)/t27-/m0/s1. The van der Waals surface area contributed by atoms with E-state index in [1.54, 1.807) is 26.0 Å². The van der Waals surface area contributed by atoms with Gasteiger partial charge in [-0.05, 0) is 48.1 Å². The molecule has 1 atom stereocenters. The van der Waals surface area contributed by atoms with Crippen LogP contribution < -0.4 is 10.6 Å². The first-order chi connectivity index (χ1) is 19.6. The Labute approximate surface area is 238 Å². The molecule has 214 valence electrons. The van der Waals surface area contributed by atoms with Crippen molar-refractivity contribution in [3.05, 3.63) is 95.6 Å². The maximum absolute atomic E-state index is 13.2. The van der Waals surface area contributed by atoms with E-state index in [0.717, 1.165) is 27.8 Å². The maximum atomic E-state index is 13.2. The largest absolute Gasteiger partial charge is 0.481 e. The van der Waals surface area contributed by atoms with Crippen molar-refractivity contribution < 1.29 is 33.8 Å². The summed E-state index contributed by atoms with van der Waals surface area (Å²) >= 11 is 0. The molecule has 1 aliphatic rings. The monoisotopic (exact) mass is 558 g/mol. The number of rotatable bonds is 12. The Bertz CT molecular complexity index is 1360. The normalized spacial score (nSPS) is 12.9. The van der Waals surface area contributed by atoms with Gasteiger partial charge in [0.25, 0.3) is 0 Å². The SMILES string of the molecule is CC(C)(CCC(=O)O)NC(=O)[C@H](CC(=O)OCc1ccccc1)NC(=O)OCC1c2ccccc2-c2ccccc21. The van der Waals surface area contributed by atoms with Gasteiger partial charge in [0.1, 0.15) is 19.3 Å². The fraction of sp³-hybridized carbons (Fsp3) is 0.312. The van der Waals surface area contributed by atoms with E-state index in [4.69, 9.17) is 14.6 Å². The lowest BCUT2D eigenvalue weighted by atomic mass is 9.97. The molecule has 0 fully saturated rings. The number of ether oxygens (including phenoxy) is 2. The average molecular weight is 559 g/mol. The van der Waals surface area contributed by atoms with E-state index < -0.39 is 41.9 Å². The summed E-state index contributed by atoms with van der Waals surface area (Å²) in [6.45, 7) is 3.40. The number of hydrogen-bond acceptors (Lipinski definition) is 6. The van der Waals surface area contributed by atoms with Gasteiger partial charge in [0.15, 0.2) is 0 Å². The fourth-order valence-corrected chi connectivity index (χ4v) is 4.86. The molecule has 3 N–H and O–H groups in total. The van der Waals surface area contributed by atoms with Crippen LogP contribution >= 0.6 is 0 Å². The molecule has 0 heterocycles. The van der Waals surface area contributed by atoms with Crippen molar-refractivity contribution in [2.45, 2.75) is 57.2 Å². The lowest BCUT2D eigenvalue weighted by Gasteiger charge is -2.28. The quantitative estimate of drug-likeness (QED) is 0.273. The molecule has 0 spiro atoms. The molecule has 0 unspecified atom stereocenters. The van der Waals surface area contributed by atoms with Gasteiger partial charge in [0.2, 0.25) is 5.91 Å². The number of esters is 1. The lowest BCUT2D eigenvalue weighted by molar-refractivity contribution is -0.147. The van der Waals surface area contributed by atoms with Crippen molar-refractivity contribution in [2.24, 2.45) is 0 Å². The Morgan fingerprint density at radius 1 is 0.854 bits per heavy atom. The van der Waals surface area contributed by atoms with Crippen molar-refractivity contribution in [2.75, 3.05) is 6.61 Å². The number of carboxylic acid groups (broad SMARTS) is 1. The minimum absolute atomic E-state index is 0.0169. The third-order valence-electron chi connectivity index (χ3n) is 6.99. The number of carbonyl (C=O) groups excluding carboxylic acids is 3. The van der Waals surface area contributed by atoms with Gasteiger partial charge in [0, 0.05) is 17.9 Å². The van der Waals surface area contributed by atoms with Crippen molar-refractivity contribution in [1.29, 1.82) is 0 Å². The number of carboxylic acids is 1. The molecule has 3 aromatic carbocycles. The summed E-state index contributed by atoms with van der Waals surface area (Å²) in [6, 6.07) is 23.6. The second-order valence-electron chi connectivity index (χ2n) is 10.6. The number of hydrogen-bond donors (Lipinski definition) is 3. The van der Waals surface area contributed by atoms with E-state index in [-0.39, 0.29) is 32.0 Å². The second-order valence-corrected chi connectivity index (χ2v) is 10.6. The van der Waals surface area contributed by atoms with Crippen LogP contribution in [0, 0.1) is 0 Å². The molecule has 2 amide bonds. The summed E-state index contributed by atoms with van der Waals surface area (Å²) in [5.41, 5.74) is 4.13. The van der Waals surface area contributed by atoms with E-state index >= 15 is 0 Å². The van der Waals surface area contributed by atoms with Crippen molar-refractivity contribution >= 4 is 23.9 Å². The second kappa shape index (κ2) is 13.1. The van der Waals surface area contributed by atoms with Crippen LogP contribution in [-0.2, 0) is 30.5 Å². The molecule has 3 aromatic rings. The Morgan fingerprint density at radius 3 is 2.05 bits per heavy atom. The van der Waals surface area contributed by atoms with E-state index in [1.165, 1.54) is 0 Å². The van der Waals surface area contributed by atoms with E-state index in [9.17, 15) is 19.2 Å². The number of benzene rings is 3. The van der Waals surface area contributed by atoms with E-state index in [2.05, 4.69) is 10.6 Å². The van der Waals surface area contributed by atoms with Gasteiger partial charge in [0.05, 0.1) is 6.42 Å². The van der Waals surface area contributed by atoms with Crippen LogP contribution in [0.5, 0.6) is 0 Å². The van der Waals surface area contributed by atoms with E-state index in [0.29, 0.717) is 0 Å². The highest BCUT2D eigenvalue weighted by molar-refractivity contribution is 5.90. The molecular weight excluding hydrogens is 524 g/mol. The predicted molar refractivity (Wildman–Crippen MR) is 152 cm³/mol. The number of carbonyl (C=O) groups is 4. The maximum Gasteiger partial charge on any atom is 0.407 e. The number of aliphatic carboxylic acids is 1. The Balaban J connectivity index is 1.42. The molecule has 0 saturated carbocycles. The van der Waals surface area contributed by atoms with Crippen molar-refractivity contribution in [3.8, 4) is 11.1 Å². The zero-order chi connectivity index (χ0) is 29.4. The number of nitrogens with one attached hydrogen (secondary N) is 2. The van der Waals surface area contributed by atoms with Gasteiger partial charge in [-0.15, -0.1) is 0 Å². The van der Waals surface area contributed by atoms with Crippen molar-refractivity contribution in [1.82, 2.24) is 10.6 Å². The smallest absolute Gasteiger partial charge is 0.407 e. The molecule has 9 heteroatoms. The highest BCUT2D eigenvalue weighted by Gasteiger charge is 2.32. The predicted octanol–water partition coefficient (Wildman–Crippen LogP) is 4.79. The van der Waals surface area contributed by atoms with Crippen LogP contribution in [0.4, 0.5) is 4.79 Å². The Hall–Kier alpha value is -4.66. The average Bonchev–Trinajstić information content (AvgIpc) is 3.27. The van der Waals surface area contributed by atoms with E-state index in [1.807, 2.05) is 66.7 Å².